The summed E-state index contributed by atoms with van der Waals surface area (Å²) in [5.74, 6) is 0. The smallest absolute Gasteiger partial charge is 0 e. The summed E-state index contributed by atoms with van der Waals surface area (Å²) >= 11 is 0. The van der Waals surface area contributed by atoms with Gasteiger partial charge in [0.15, 0.2) is 0 Å². The van der Waals surface area contributed by atoms with Gasteiger partial charge in [0.25, 0.3) is 0 Å². The lowest BCUT2D eigenvalue weighted by Crippen LogP contribution is -1.75. The van der Waals surface area contributed by atoms with Crippen LogP contribution in [0.4, 0.5) is 0 Å². The molecule has 0 aromatic heterocycles. The number of allylic oxidation sites excluding steroid dienone is 2. The molecule has 0 fully saturated rings. The van der Waals surface area contributed by atoms with Gasteiger partial charge in [-0.3, -0.25) is 0 Å². The molecular formula is C12H20. The molecule has 0 N–H and O–H groups in total. The zero-order valence-corrected chi connectivity index (χ0v) is 8.46. The van der Waals surface area contributed by atoms with Crippen LogP contribution in [-0.4, -0.2) is 0 Å². The van der Waals surface area contributed by atoms with Crippen LogP contribution in [0, 0.1) is 0 Å². The zero-order chi connectivity index (χ0) is 9.40. The second-order valence-corrected chi connectivity index (χ2v) is 2.34. The SMILES string of the molecule is C/C=C(/C)c1ccccc1.CC.[HH]. The second kappa shape index (κ2) is 6.66. The number of rotatable bonds is 1. The minimum Gasteiger partial charge on any atom is -0.0841 e. The highest BCUT2D eigenvalue weighted by atomic mass is 13.9. The standard InChI is InChI=1S/C10H12.C2H6.H2/c1-3-9(2)10-7-5-4-6-8-10;1-2;/h3-8H,1-2H3;1-2H3;1H/b9-3-;;. The first-order valence-electron chi connectivity index (χ1n) is 4.53. The largest absolute Gasteiger partial charge is 0.0841 e. The third-order valence-electron chi connectivity index (χ3n) is 1.66. The predicted octanol–water partition coefficient (Wildman–Crippen LogP) is 4.38. The van der Waals surface area contributed by atoms with E-state index in [1.807, 2.05) is 19.9 Å². The summed E-state index contributed by atoms with van der Waals surface area (Å²) in [5, 5.41) is 0. The number of hydrogen-bond donors (Lipinski definition) is 0. The molecule has 0 saturated carbocycles. The van der Waals surface area contributed by atoms with E-state index >= 15 is 0 Å². The molecule has 0 radical (unpaired) electrons. The van der Waals surface area contributed by atoms with E-state index in [4.69, 9.17) is 0 Å². The Morgan fingerprint density at radius 2 is 1.67 bits per heavy atom. The van der Waals surface area contributed by atoms with Gasteiger partial charge in [-0.15, -0.1) is 0 Å². The van der Waals surface area contributed by atoms with E-state index in [1.165, 1.54) is 11.1 Å². The van der Waals surface area contributed by atoms with Crippen molar-refractivity contribution in [3.8, 4) is 0 Å². The van der Waals surface area contributed by atoms with Crippen LogP contribution in [0.3, 0.4) is 0 Å². The molecule has 0 saturated heterocycles. The lowest BCUT2D eigenvalue weighted by molar-refractivity contribution is 1.50. The monoisotopic (exact) mass is 164 g/mol. The molecule has 1 aromatic carbocycles. The summed E-state index contributed by atoms with van der Waals surface area (Å²) in [7, 11) is 0. The van der Waals surface area contributed by atoms with Crippen molar-refractivity contribution in [2.24, 2.45) is 0 Å². The Labute approximate surface area is 77.4 Å². The lowest BCUT2D eigenvalue weighted by atomic mass is 10.1. The van der Waals surface area contributed by atoms with E-state index in [1.54, 1.807) is 0 Å². The molecule has 1 aromatic rings. The summed E-state index contributed by atoms with van der Waals surface area (Å²) in [6, 6.07) is 10.4. The van der Waals surface area contributed by atoms with Gasteiger partial charge < -0.3 is 0 Å². The lowest BCUT2D eigenvalue weighted by Gasteiger charge is -1.97. The van der Waals surface area contributed by atoms with Crippen LogP contribution in [0.25, 0.3) is 5.57 Å². The van der Waals surface area contributed by atoms with Crippen molar-refractivity contribution < 1.29 is 1.43 Å². The molecule has 0 spiro atoms. The highest BCUT2D eigenvalue weighted by Gasteiger charge is 1.88. The van der Waals surface area contributed by atoms with Crippen LogP contribution < -0.4 is 0 Å². The molecule has 0 aliphatic carbocycles. The molecule has 0 unspecified atom stereocenters. The van der Waals surface area contributed by atoms with E-state index < -0.39 is 0 Å². The fourth-order valence-electron chi connectivity index (χ4n) is 0.868. The Balaban J connectivity index is 0. The highest BCUT2D eigenvalue weighted by molar-refractivity contribution is 5.62. The Morgan fingerprint density at radius 1 is 1.17 bits per heavy atom. The van der Waals surface area contributed by atoms with Gasteiger partial charge in [0.05, 0.1) is 0 Å². The van der Waals surface area contributed by atoms with Gasteiger partial charge in [0.1, 0.15) is 0 Å². The minimum atomic E-state index is 0. The Hall–Kier alpha value is -1.04. The van der Waals surface area contributed by atoms with Gasteiger partial charge in [-0.25, -0.2) is 0 Å². The van der Waals surface area contributed by atoms with Crippen molar-refractivity contribution in [3.63, 3.8) is 0 Å². The Morgan fingerprint density at radius 3 is 2.08 bits per heavy atom. The molecule has 0 heteroatoms. The summed E-state index contributed by atoms with van der Waals surface area (Å²) in [6.45, 7) is 8.18. The average Bonchev–Trinajstić information content (AvgIpc) is 2.21. The van der Waals surface area contributed by atoms with Gasteiger partial charge in [-0.1, -0.05) is 50.3 Å². The second-order valence-electron chi connectivity index (χ2n) is 2.34. The number of hydrogen-bond acceptors (Lipinski definition) is 0. The molecule has 12 heavy (non-hydrogen) atoms. The molecular weight excluding hydrogens is 144 g/mol. The van der Waals surface area contributed by atoms with Gasteiger partial charge >= 0.3 is 0 Å². The van der Waals surface area contributed by atoms with Gasteiger partial charge in [0.2, 0.25) is 0 Å². The maximum Gasteiger partial charge on any atom is 0 e. The predicted molar refractivity (Wildman–Crippen MR) is 59.2 cm³/mol. The van der Waals surface area contributed by atoms with Gasteiger partial charge in [0, 0.05) is 1.43 Å². The van der Waals surface area contributed by atoms with Crippen LogP contribution in [0.5, 0.6) is 0 Å². The highest BCUT2D eigenvalue weighted by Crippen LogP contribution is 2.11. The van der Waals surface area contributed by atoms with Crippen LogP contribution in [0.2, 0.25) is 0 Å². The van der Waals surface area contributed by atoms with Crippen molar-refractivity contribution in [1.29, 1.82) is 0 Å². The summed E-state index contributed by atoms with van der Waals surface area (Å²) in [4.78, 5) is 0. The third-order valence-corrected chi connectivity index (χ3v) is 1.66. The van der Waals surface area contributed by atoms with Crippen LogP contribution in [0.15, 0.2) is 36.4 Å². The van der Waals surface area contributed by atoms with E-state index in [0.29, 0.717) is 0 Å². The summed E-state index contributed by atoms with van der Waals surface area (Å²) in [6.07, 6.45) is 2.12. The molecule has 0 bridgehead atoms. The Kier molecular flexibility index (Phi) is 6.08. The van der Waals surface area contributed by atoms with Crippen LogP contribution in [-0.2, 0) is 0 Å². The van der Waals surface area contributed by atoms with E-state index in [9.17, 15) is 0 Å². The molecule has 0 heterocycles. The molecule has 0 aliphatic heterocycles. The van der Waals surface area contributed by atoms with E-state index in [0.717, 1.165) is 0 Å². The molecule has 0 aliphatic rings. The van der Waals surface area contributed by atoms with Crippen molar-refractivity contribution in [3.05, 3.63) is 42.0 Å². The summed E-state index contributed by atoms with van der Waals surface area (Å²) < 4.78 is 0. The van der Waals surface area contributed by atoms with Gasteiger partial charge in [-0.2, -0.15) is 0 Å². The topological polar surface area (TPSA) is 0 Å². The third kappa shape index (κ3) is 3.38. The van der Waals surface area contributed by atoms with E-state index in [-0.39, 0.29) is 1.43 Å². The zero-order valence-electron chi connectivity index (χ0n) is 8.46. The van der Waals surface area contributed by atoms with E-state index in [2.05, 4.69) is 44.2 Å². The van der Waals surface area contributed by atoms with Crippen molar-refractivity contribution >= 4 is 5.57 Å². The normalized spacial score (nSPS) is 10.2. The van der Waals surface area contributed by atoms with Crippen molar-refractivity contribution in [1.82, 2.24) is 0 Å². The Bertz CT molecular complexity index is 224. The first kappa shape index (κ1) is 11.0. The fourth-order valence-corrected chi connectivity index (χ4v) is 0.868. The maximum absolute atomic E-state index is 2.12. The van der Waals surface area contributed by atoms with Crippen LogP contribution in [0.1, 0.15) is 34.7 Å². The van der Waals surface area contributed by atoms with Crippen molar-refractivity contribution in [2.45, 2.75) is 27.7 Å². The maximum atomic E-state index is 2.12. The molecule has 1 rings (SSSR count). The molecule has 68 valence electrons. The van der Waals surface area contributed by atoms with Gasteiger partial charge in [-0.05, 0) is 25.0 Å². The van der Waals surface area contributed by atoms with Crippen LogP contribution >= 0.6 is 0 Å². The average molecular weight is 164 g/mol. The molecule has 0 amide bonds. The minimum absolute atomic E-state index is 0. The number of benzene rings is 1. The quantitative estimate of drug-likeness (QED) is 0.577. The first-order chi connectivity index (χ1) is 5.84. The summed E-state index contributed by atoms with van der Waals surface area (Å²) in [5.41, 5.74) is 2.64. The fraction of sp³-hybridized carbons (Fsp3) is 0.333. The molecule has 0 atom stereocenters. The molecule has 0 nitrogen and oxygen atoms in total. The first-order valence-corrected chi connectivity index (χ1v) is 4.53. The van der Waals surface area contributed by atoms with Crippen molar-refractivity contribution in [2.75, 3.05) is 0 Å².